The van der Waals surface area contributed by atoms with E-state index in [0.717, 1.165) is 22.4 Å². The quantitative estimate of drug-likeness (QED) is 0.798. The summed E-state index contributed by atoms with van der Waals surface area (Å²) in [4.78, 5) is 21.4. The molecule has 0 fully saturated rings. The predicted octanol–water partition coefficient (Wildman–Crippen LogP) is 3.10. The molecule has 0 bridgehead atoms. The molecule has 2 aromatic carbocycles. The number of benzene rings is 2. The molecule has 0 saturated carbocycles. The molecule has 0 spiro atoms. The van der Waals surface area contributed by atoms with Crippen LogP contribution in [0.5, 0.6) is 0 Å². The molecule has 5 nitrogen and oxygen atoms in total. The predicted molar refractivity (Wildman–Crippen MR) is 81.0 cm³/mol. The van der Waals surface area contributed by atoms with Crippen LogP contribution >= 0.6 is 0 Å². The average Bonchev–Trinajstić information content (AvgIpc) is 2.53. The van der Waals surface area contributed by atoms with Crippen LogP contribution in [0.3, 0.4) is 0 Å². The lowest BCUT2D eigenvalue weighted by atomic mass is 10.2. The largest absolute Gasteiger partial charge is 0.478 e. The van der Waals surface area contributed by atoms with Gasteiger partial charge in [0.25, 0.3) is 0 Å². The van der Waals surface area contributed by atoms with Crippen molar-refractivity contribution in [1.29, 1.82) is 0 Å². The molecule has 21 heavy (non-hydrogen) atoms. The summed E-state index contributed by atoms with van der Waals surface area (Å²) in [6, 6.07) is 14.5. The first-order valence-electron chi connectivity index (χ1n) is 6.43. The van der Waals surface area contributed by atoms with E-state index < -0.39 is 5.97 Å². The molecule has 0 saturated heterocycles. The Morgan fingerprint density at radius 2 is 1.76 bits per heavy atom. The Labute approximate surface area is 121 Å². The first kappa shape index (κ1) is 13.1. The van der Waals surface area contributed by atoms with E-state index >= 15 is 0 Å². The molecule has 3 rings (SSSR count). The highest BCUT2D eigenvalue weighted by Crippen LogP contribution is 2.27. The standard InChI is InChI=1S/C16H13N3O2/c1-19(12-8-6-11(7-9-12)16(20)21)15-13-4-2-3-5-14(13)17-10-18-15/h2-10H,1H3,(H,20,21). The number of carbonyl (C=O) groups is 1. The summed E-state index contributed by atoms with van der Waals surface area (Å²) < 4.78 is 0. The molecule has 0 atom stereocenters. The smallest absolute Gasteiger partial charge is 0.335 e. The summed E-state index contributed by atoms with van der Waals surface area (Å²) in [6.07, 6.45) is 1.53. The summed E-state index contributed by atoms with van der Waals surface area (Å²) in [7, 11) is 1.89. The lowest BCUT2D eigenvalue weighted by Crippen LogP contribution is -2.12. The van der Waals surface area contributed by atoms with Gasteiger partial charge in [-0.2, -0.15) is 0 Å². The van der Waals surface area contributed by atoms with Gasteiger partial charge < -0.3 is 10.0 Å². The van der Waals surface area contributed by atoms with Crippen molar-refractivity contribution in [2.45, 2.75) is 0 Å². The van der Waals surface area contributed by atoms with Crippen LogP contribution in [0.1, 0.15) is 10.4 Å². The summed E-state index contributed by atoms with van der Waals surface area (Å²) in [5, 5.41) is 9.89. The molecular weight excluding hydrogens is 266 g/mol. The molecule has 0 aliphatic heterocycles. The Hall–Kier alpha value is -2.95. The van der Waals surface area contributed by atoms with Crippen molar-refractivity contribution < 1.29 is 9.90 Å². The minimum atomic E-state index is -0.934. The normalized spacial score (nSPS) is 10.5. The second kappa shape index (κ2) is 5.20. The van der Waals surface area contributed by atoms with E-state index in [4.69, 9.17) is 5.11 Å². The molecular formula is C16H13N3O2. The SMILES string of the molecule is CN(c1ccc(C(=O)O)cc1)c1ncnc2ccccc12. The first-order valence-corrected chi connectivity index (χ1v) is 6.43. The van der Waals surface area contributed by atoms with Crippen LogP contribution in [0.4, 0.5) is 11.5 Å². The van der Waals surface area contributed by atoms with Crippen LogP contribution in [-0.4, -0.2) is 28.1 Å². The lowest BCUT2D eigenvalue weighted by Gasteiger charge is -2.19. The van der Waals surface area contributed by atoms with Crippen LogP contribution in [0.2, 0.25) is 0 Å². The van der Waals surface area contributed by atoms with Crippen LogP contribution in [0.25, 0.3) is 10.9 Å². The van der Waals surface area contributed by atoms with Crippen molar-refractivity contribution in [2.24, 2.45) is 0 Å². The maximum Gasteiger partial charge on any atom is 0.335 e. The van der Waals surface area contributed by atoms with Crippen molar-refractivity contribution in [1.82, 2.24) is 9.97 Å². The minimum absolute atomic E-state index is 0.264. The number of aromatic nitrogens is 2. The molecule has 0 amide bonds. The van der Waals surface area contributed by atoms with E-state index in [9.17, 15) is 4.79 Å². The van der Waals surface area contributed by atoms with Crippen LogP contribution in [-0.2, 0) is 0 Å². The van der Waals surface area contributed by atoms with Gasteiger partial charge in [-0.25, -0.2) is 14.8 Å². The topological polar surface area (TPSA) is 66.3 Å². The Morgan fingerprint density at radius 1 is 1.05 bits per heavy atom. The number of fused-ring (bicyclic) bond motifs is 1. The molecule has 1 heterocycles. The Bertz CT molecular complexity index is 795. The zero-order chi connectivity index (χ0) is 14.8. The average molecular weight is 279 g/mol. The first-order chi connectivity index (χ1) is 10.2. The van der Waals surface area contributed by atoms with E-state index in [1.54, 1.807) is 24.3 Å². The number of hydrogen-bond donors (Lipinski definition) is 1. The van der Waals surface area contributed by atoms with Gasteiger partial charge in [-0.3, -0.25) is 0 Å². The fraction of sp³-hybridized carbons (Fsp3) is 0.0625. The van der Waals surface area contributed by atoms with Gasteiger partial charge in [-0.15, -0.1) is 0 Å². The highest BCUT2D eigenvalue weighted by Gasteiger charge is 2.11. The molecule has 0 aliphatic rings. The minimum Gasteiger partial charge on any atom is -0.478 e. The Balaban J connectivity index is 2.04. The number of carboxylic acids is 1. The molecule has 104 valence electrons. The highest BCUT2D eigenvalue weighted by molar-refractivity contribution is 5.92. The number of rotatable bonds is 3. The van der Waals surface area contributed by atoms with Crippen molar-refractivity contribution in [3.63, 3.8) is 0 Å². The van der Waals surface area contributed by atoms with Gasteiger partial charge in [0.15, 0.2) is 0 Å². The molecule has 5 heteroatoms. The van der Waals surface area contributed by atoms with Gasteiger partial charge in [-0.1, -0.05) is 12.1 Å². The van der Waals surface area contributed by atoms with Crippen molar-refractivity contribution in [2.75, 3.05) is 11.9 Å². The number of aromatic carboxylic acids is 1. The number of para-hydroxylation sites is 1. The third-order valence-corrected chi connectivity index (χ3v) is 3.34. The summed E-state index contributed by atoms with van der Waals surface area (Å²) >= 11 is 0. The van der Waals surface area contributed by atoms with E-state index in [2.05, 4.69) is 9.97 Å². The van der Waals surface area contributed by atoms with Gasteiger partial charge in [0, 0.05) is 18.1 Å². The number of nitrogens with zero attached hydrogens (tertiary/aromatic N) is 3. The molecule has 0 radical (unpaired) electrons. The highest BCUT2D eigenvalue weighted by atomic mass is 16.4. The number of carboxylic acid groups (broad SMARTS) is 1. The molecule has 0 aliphatic carbocycles. The van der Waals surface area contributed by atoms with Crippen LogP contribution in [0, 0.1) is 0 Å². The maximum absolute atomic E-state index is 10.9. The fourth-order valence-electron chi connectivity index (χ4n) is 2.21. The monoisotopic (exact) mass is 279 g/mol. The van der Waals surface area contributed by atoms with Gasteiger partial charge in [0.2, 0.25) is 0 Å². The molecule has 1 aromatic heterocycles. The zero-order valence-corrected chi connectivity index (χ0v) is 11.4. The lowest BCUT2D eigenvalue weighted by molar-refractivity contribution is 0.0697. The number of hydrogen-bond acceptors (Lipinski definition) is 4. The van der Waals surface area contributed by atoms with E-state index in [-0.39, 0.29) is 5.56 Å². The molecule has 3 aromatic rings. The van der Waals surface area contributed by atoms with Crippen LogP contribution in [0.15, 0.2) is 54.9 Å². The van der Waals surface area contributed by atoms with Gasteiger partial charge in [0.1, 0.15) is 12.1 Å². The van der Waals surface area contributed by atoms with Crippen LogP contribution < -0.4 is 4.90 Å². The van der Waals surface area contributed by atoms with Gasteiger partial charge in [0.05, 0.1) is 11.1 Å². The maximum atomic E-state index is 10.9. The van der Waals surface area contributed by atoms with Crippen molar-refractivity contribution >= 4 is 28.4 Å². The van der Waals surface area contributed by atoms with E-state index in [0.29, 0.717) is 0 Å². The summed E-state index contributed by atoms with van der Waals surface area (Å²) in [6.45, 7) is 0. The fourth-order valence-corrected chi connectivity index (χ4v) is 2.21. The second-order valence-corrected chi connectivity index (χ2v) is 4.63. The Kier molecular flexibility index (Phi) is 3.23. The second-order valence-electron chi connectivity index (χ2n) is 4.63. The zero-order valence-electron chi connectivity index (χ0n) is 11.4. The third-order valence-electron chi connectivity index (χ3n) is 3.34. The van der Waals surface area contributed by atoms with Gasteiger partial charge >= 0.3 is 5.97 Å². The Morgan fingerprint density at radius 3 is 2.48 bits per heavy atom. The van der Waals surface area contributed by atoms with E-state index in [1.165, 1.54) is 6.33 Å². The molecule has 0 unspecified atom stereocenters. The summed E-state index contributed by atoms with van der Waals surface area (Å²) in [5.41, 5.74) is 2.00. The van der Waals surface area contributed by atoms with Crippen molar-refractivity contribution in [3.05, 3.63) is 60.4 Å². The van der Waals surface area contributed by atoms with E-state index in [1.807, 2.05) is 36.2 Å². The number of anilines is 2. The van der Waals surface area contributed by atoms with Gasteiger partial charge in [-0.05, 0) is 36.4 Å². The third kappa shape index (κ3) is 2.41. The summed E-state index contributed by atoms with van der Waals surface area (Å²) in [5.74, 6) is -0.152. The molecule has 1 N–H and O–H groups in total. The van der Waals surface area contributed by atoms with Crippen molar-refractivity contribution in [3.8, 4) is 0 Å².